The second-order valence-corrected chi connectivity index (χ2v) is 8.15. The van der Waals surface area contributed by atoms with Crippen LogP contribution in [0.4, 0.5) is 0 Å². The summed E-state index contributed by atoms with van der Waals surface area (Å²) in [7, 11) is -3.17. The standard InChI is InChI=1S/C13H21N5O3S/c1-10(19)18-12(7-16-9-14-8-15-16)5-11-6-17(22(2,20)21)4-3-13(11)18/h8-9,11-13H,3-7H2,1-2H3/t11-,12+,13+/m1/s1. The van der Waals surface area contributed by atoms with Crippen LogP contribution in [0.5, 0.6) is 0 Å². The second-order valence-electron chi connectivity index (χ2n) is 6.17. The first-order valence-corrected chi connectivity index (χ1v) is 9.27. The van der Waals surface area contributed by atoms with E-state index in [9.17, 15) is 13.2 Å². The van der Waals surface area contributed by atoms with Gasteiger partial charge in [0.1, 0.15) is 12.7 Å². The van der Waals surface area contributed by atoms with Crippen molar-refractivity contribution in [2.45, 2.75) is 38.4 Å². The van der Waals surface area contributed by atoms with Crippen LogP contribution in [0.15, 0.2) is 12.7 Å². The number of carbonyl (C=O) groups excluding carboxylic acids is 1. The van der Waals surface area contributed by atoms with Crippen molar-refractivity contribution in [3.8, 4) is 0 Å². The molecule has 2 aliphatic rings. The minimum Gasteiger partial charge on any atom is -0.335 e. The Morgan fingerprint density at radius 3 is 2.77 bits per heavy atom. The summed E-state index contributed by atoms with van der Waals surface area (Å²) in [5, 5.41) is 4.11. The van der Waals surface area contributed by atoms with Gasteiger partial charge >= 0.3 is 0 Å². The zero-order valence-electron chi connectivity index (χ0n) is 12.8. The van der Waals surface area contributed by atoms with Gasteiger partial charge in [0.15, 0.2) is 0 Å². The molecule has 1 aromatic rings. The first-order valence-electron chi connectivity index (χ1n) is 7.42. The van der Waals surface area contributed by atoms with Crippen molar-refractivity contribution in [2.24, 2.45) is 5.92 Å². The average Bonchev–Trinajstić information content (AvgIpc) is 3.03. The number of carbonyl (C=O) groups is 1. The number of hydrogen-bond donors (Lipinski definition) is 0. The van der Waals surface area contributed by atoms with Crippen LogP contribution in [0.3, 0.4) is 0 Å². The number of rotatable bonds is 3. The van der Waals surface area contributed by atoms with Crippen LogP contribution in [0.2, 0.25) is 0 Å². The molecular weight excluding hydrogens is 306 g/mol. The van der Waals surface area contributed by atoms with Gasteiger partial charge in [-0.15, -0.1) is 0 Å². The molecule has 0 N–H and O–H groups in total. The van der Waals surface area contributed by atoms with Crippen molar-refractivity contribution >= 4 is 15.9 Å². The highest BCUT2D eigenvalue weighted by molar-refractivity contribution is 7.88. The molecule has 3 heterocycles. The lowest BCUT2D eigenvalue weighted by Gasteiger charge is -2.37. The van der Waals surface area contributed by atoms with Gasteiger partial charge in [0.25, 0.3) is 0 Å². The molecule has 1 aromatic heterocycles. The first-order chi connectivity index (χ1) is 10.4. The van der Waals surface area contributed by atoms with Gasteiger partial charge in [0.2, 0.25) is 15.9 Å². The molecule has 0 spiro atoms. The largest absolute Gasteiger partial charge is 0.335 e. The fourth-order valence-electron chi connectivity index (χ4n) is 3.82. The van der Waals surface area contributed by atoms with E-state index in [-0.39, 0.29) is 23.9 Å². The van der Waals surface area contributed by atoms with E-state index in [2.05, 4.69) is 10.1 Å². The quantitative estimate of drug-likeness (QED) is 0.750. The Bertz CT molecular complexity index is 645. The third-order valence-corrected chi connectivity index (χ3v) is 5.95. The molecule has 2 aliphatic heterocycles. The monoisotopic (exact) mass is 327 g/mol. The number of piperidine rings is 1. The molecule has 3 rings (SSSR count). The number of hydrogen-bond acceptors (Lipinski definition) is 5. The lowest BCUT2D eigenvalue weighted by molar-refractivity contribution is -0.132. The summed E-state index contributed by atoms with van der Waals surface area (Å²) in [6.07, 6.45) is 5.87. The van der Waals surface area contributed by atoms with E-state index < -0.39 is 10.0 Å². The van der Waals surface area contributed by atoms with Crippen LogP contribution in [0.25, 0.3) is 0 Å². The highest BCUT2D eigenvalue weighted by Crippen LogP contribution is 2.36. The Labute approximate surface area is 130 Å². The lowest BCUT2D eigenvalue weighted by Crippen LogP contribution is -2.50. The van der Waals surface area contributed by atoms with Crippen molar-refractivity contribution in [2.75, 3.05) is 19.3 Å². The third kappa shape index (κ3) is 2.87. The van der Waals surface area contributed by atoms with Gasteiger partial charge in [-0.2, -0.15) is 5.10 Å². The average molecular weight is 327 g/mol. The van der Waals surface area contributed by atoms with Crippen molar-refractivity contribution in [1.29, 1.82) is 0 Å². The fraction of sp³-hybridized carbons (Fsp3) is 0.769. The Morgan fingerprint density at radius 1 is 1.41 bits per heavy atom. The molecule has 0 radical (unpaired) electrons. The van der Waals surface area contributed by atoms with Crippen LogP contribution in [0, 0.1) is 5.92 Å². The molecular formula is C13H21N5O3S. The molecule has 2 fully saturated rings. The Hall–Kier alpha value is -1.48. The summed E-state index contributed by atoms with van der Waals surface area (Å²) >= 11 is 0. The molecule has 1 amide bonds. The van der Waals surface area contributed by atoms with Gasteiger partial charge in [-0.3, -0.25) is 9.48 Å². The maximum absolute atomic E-state index is 12.1. The summed E-state index contributed by atoms with van der Waals surface area (Å²) in [4.78, 5) is 17.9. The molecule has 22 heavy (non-hydrogen) atoms. The van der Waals surface area contributed by atoms with E-state index in [1.807, 2.05) is 4.90 Å². The van der Waals surface area contributed by atoms with E-state index in [0.29, 0.717) is 26.1 Å². The third-order valence-electron chi connectivity index (χ3n) is 4.68. The van der Waals surface area contributed by atoms with Crippen molar-refractivity contribution < 1.29 is 13.2 Å². The second kappa shape index (κ2) is 5.62. The minimum atomic E-state index is -3.17. The van der Waals surface area contributed by atoms with Crippen LogP contribution in [-0.4, -0.2) is 69.7 Å². The predicted molar refractivity (Wildman–Crippen MR) is 79.3 cm³/mol. The van der Waals surface area contributed by atoms with Gasteiger partial charge < -0.3 is 4.90 Å². The van der Waals surface area contributed by atoms with Gasteiger partial charge in [0, 0.05) is 26.1 Å². The molecule has 122 valence electrons. The number of fused-ring (bicyclic) bond motifs is 1. The zero-order valence-corrected chi connectivity index (χ0v) is 13.6. The summed E-state index contributed by atoms with van der Waals surface area (Å²) in [5.74, 6) is 0.242. The zero-order chi connectivity index (χ0) is 15.9. The van der Waals surface area contributed by atoms with E-state index in [1.165, 1.54) is 16.9 Å². The van der Waals surface area contributed by atoms with Crippen LogP contribution >= 0.6 is 0 Å². The predicted octanol–water partition coefficient (Wildman–Crippen LogP) is -0.451. The van der Waals surface area contributed by atoms with Crippen molar-refractivity contribution in [3.63, 3.8) is 0 Å². The molecule has 3 atom stereocenters. The molecule has 9 heteroatoms. The van der Waals surface area contributed by atoms with Gasteiger partial charge in [-0.25, -0.2) is 17.7 Å². The van der Waals surface area contributed by atoms with Gasteiger partial charge in [-0.05, 0) is 18.8 Å². The fourth-order valence-corrected chi connectivity index (χ4v) is 4.71. The van der Waals surface area contributed by atoms with Crippen molar-refractivity contribution in [3.05, 3.63) is 12.7 Å². The number of sulfonamides is 1. The first kappa shape index (κ1) is 15.4. The lowest BCUT2D eigenvalue weighted by atomic mass is 9.93. The smallest absolute Gasteiger partial charge is 0.220 e. The molecule has 0 aliphatic carbocycles. The highest BCUT2D eigenvalue weighted by Gasteiger charge is 2.46. The number of nitrogens with zero attached hydrogens (tertiary/aromatic N) is 5. The van der Waals surface area contributed by atoms with Crippen LogP contribution in [0.1, 0.15) is 19.8 Å². The maximum atomic E-state index is 12.1. The summed E-state index contributed by atoms with van der Waals surface area (Å²) in [6.45, 7) is 3.17. The molecule has 8 nitrogen and oxygen atoms in total. The molecule has 0 unspecified atom stereocenters. The summed E-state index contributed by atoms with van der Waals surface area (Å²) in [6, 6.07) is 0.178. The number of aromatic nitrogens is 3. The summed E-state index contributed by atoms with van der Waals surface area (Å²) in [5.41, 5.74) is 0. The van der Waals surface area contributed by atoms with Crippen molar-refractivity contribution in [1.82, 2.24) is 24.0 Å². The number of likely N-dealkylation sites (tertiary alicyclic amines) is 1. The van der Waals surface area contributed by atoms with Crippen LogP contribution < -0.4 is 0 Å². The van der Waals surface area contributed by atoms with E-state index in [0.717, 1.165) is 6.42 Å². The normalized spacial score (nSPS) is 29.5. The number of amides is 1. The topological polar surface area (TPSA) is 88.4 Å². The van der Waals surface area contributed by atoms with E-state index in [1.54, 1.807) is 17.9 Å². The van der Waals surface area contributed by atoms with Crippen LogP contribution in [-0.2, 0) is 21.4 Å². The molecule has 0 bridgehead atoms. The van der Waals surface area contributed by atoms with E-state index >= 15 is 0 Å². The molecule has 2 saturated heterocycles. The van der Waals surface area contributed by atoms with Gasteiger partial charge in [0.05, 0.1) is 18.8 Å². The van der Waals surface area contributed by atoms with Gasteiger partial charge in [-0.1, -0.05) is 0 Å². The molecule has 0 saturated carbocycles. The Balaban J connectivity index is 1.78. The SMILES string of the molecule is CC(=O)N1[C@H](Cn2cncn2)C[C@@H]2CN(S(C)(=O)=O)CC[C@@H]21. The Kier molecular flexibility index (Phi) is 3.94. The Morgan fingerprint density at radius 2 is 2.18 bits per heavy atom. The van der Waals surface area contributed by atoms with E-state index in [4.69, 9.17) is 0 Å². The molecule has 0 aromatic carbocycles. The summed E-state index contributed by atoms with van der Waals surface area (Å²) < 4.78 is 26.8. The minimum absolute atomic E-state index is 0.0467. The highest BCUT2D eigenvalue weighted by atomic mass is 32.2. The maximum Gasteiger partial charge on any atom is 0.220 e.